The van der Waals surface area contributed by atoms with Gasteiger partial charge in [0.05, 0.1) is 16.8 Å². The topological polar surface area (TPSA) is 42.0 Å². The minimum absolute atomic E-state index is 0.0143. The molecule has 1 heterocycles. The average molecular weight is 437 g/mol. The van der Waals surface area contributed by atoms with Crippen LogP contribution in [0.5, 0.6) is 0 Å². The maximum Gasteiger partial charge on any atom is 0.252 e. The predicted octanol–water partition coefficient (Wildman–Crippen LogP) is 6.51. The standard InChI is InChI=1S/C24H25BrN2O/c25-18-10-8-9-17(15-18)23-16-21(20-13-6-7-14-22(20)27-23)24(28)26-19-11-4-2-1-3-5-12-19/h6-10,13-16,19H,1-5,11-12H2,(H,26,28). The summed E-state index contributed by atoms with van der Waals surface area (Å²) in [5.74, 6) is 0.0143. The number of benzene rings is 2. The molecule has 1 amide bonds. The summed E-state index contributed by atoms with van der Waals surface area (Å²) in [6.07, 6.45) is 8.43. The van der Waals surface area contributed by atoms with Crippen LogP contribution in [0.4, 0.5) is 0 Å². The van der Waals surface area contributed by atoms with Crippen molar-refractivity contribution in [1.82, 2.24) is 10.3 Å². The van der Waals surface area contributed by atoms with Crippen molar-refractivity contribution < 1.29 is 4.79 Å². The van der Waals surface area contributed by atoms with E-state index in [9.17, 15) is 4.79 Å². The van der Waals surface area contributed by atoms with Crippen LogP contribution in [0.2, 0.25) is 0 Å². The monoisotopic (exact) mass is 436 g/mol. The Morgan fingerprint density at radius 1 is 0.929 bits per heavy atom. The number of fused-ring (bicyclic) bond motifs is 1. The lowest BCUT2D eigenvalue weighted by Gasteiger charge is -2.21. The molecule has 1 aliphatic carbocycles. The molecule has 0 saturated heterocycles. The Hall–Kier alpha value is -2.20. The van der Waals surface area contributed by atoms with Gasteiger partial charge in [0, 0.05) is 21.5 Å². The maximum absolute atomic E-state index is 13.2. The molecule has 0 unspecified atom stereocenters. The molecule has 0 spiro atoms. The summed E-state index contributed by atoms with van der Waals surface area (Å²) in [6, 6.07) is 18.1. The summed E-state index contributed by atoms with van der Waals surface area (Å²) in [7, 11) is 0. The number of carbonyl (C=O) groups excluding carboxylic acids is 1. The molecule has 1 fully saturated rings. The van der Waals surface area contributed by atoms with E-state index in [1.807, 2.05) is 54.6 Å². The van der Waals surface area contributed by atoms with Gasteiger partial charge < -0.3 is 5.32 Å². The quantitative estimate of drug-likeness (QED) is 0.508. The van der Waals surface area contributed by atoms with Crippen LogP contribution in [0.3, 0.4) is 0 Å². The van der Waals surface area contributed by atoms with Crippen LogP contribution in [-0.4, -0.2) is 16.9 Å². The minimum atomic E-state index is 0.0143. The summed E-state index contributed by atoms with van der Waals surface area (Å²) < 4.78 is 1.00. The van der Waals surface area contributed by atoms with E-state index in [1.54, 1.807) is 0 Å². The SMILES string of the molecule is O=C(NC1CCCCCCC1)c1cc(-c2cccc(Br)c2)nc2ccccc12. The number of pyridine rings is 1. The highest BCUT2D eigenvalue weighted by molar-refractivity contribution is 9.10. The van der Waals surface area contributed by atoms with Gasteiger partial charge in [-0.25, -0.2) is 4.98 Å². The van der Waals surface area contributed by atoms with Gasteiger partial charge in [-0.15, -0.1) is 0 Å². The van der Waals surface area contributed by atoms with Crippen LogP contribution >= 0.6 is 15.9 Å². The second-order valence-corrected chi connectivity index (χ2v) is 8.51. The smallest absolute Gasteiger partial charge is 0.252 e. The summed E-state index contributed by atoms with van der Waals surface area (Å²) in [5, 5.41) is 4.22. The number of aromatic nitrogens is 1. The number of rotatable bonds is 3. The highest BCUT2D eigenvalue weighted by Gasteiger charge is 2.18. The zero-order valence-corrected chi connectivity index (χ0v) is 17.5. The molecule has 1 aromatic heterocycles. The van der Waals surface area contributed by atoms with Crippen LogP contribution in [-0.2, 0) is 0 Å². The van der Waals surface area contributed by atoms with E-state index in [0.717, 1.165) is 39.5 Å². The molecule has 4 heteroatoms. The Morgan fingerprint density at radius 3 is 2.46 bits per heavy atom. The summed E-state index contributed by atoms with van der Waals surface area (Å²) in [5.41, 5.74) is 3.38. The molecule has 1 aliphatic rings. The first-order valence-corrected chi connectivity index (χ1v) is 11.0. The lowest BCUT2D eigenvalue weighted by atomic mass is 9.96. The van der Waals surface area contributed by atoms with E-state index in [-0.39, 0.29) is 11.9 Å². The normalized spacial score (nSPS) is 15.8. The zero-order valence-electron chi connectivity index (χ0n) is 16.0. The van der Waals surface area contributed by atoms with E-state index >= 15 is 0 Å². The molecule has 144 valence electrons. The van der Waals surface area contributed by atoms with E-state index in [1.165, 1.54) is 32.1 Å². The van der Waals surface area contributed by atoms with E-state index in [0.29, 0.717) is 5.56 Å². The fourth-order valence-electron chi connectivity index (χ4n) is 4.02. The summed E-state index contributed by atoms with van der Waals surface area (Å²) >= 11 is 3.53. The molecule has 0 bridgehead atoms. The molecule has 3 nitrogen and oxygen atoms in total. The average Bonchev–Trinajstić information content (AvgIpc) is 2.69. The highest BCUT2D eigenvalue weighted by atomic mass is 79.9. The molecule has 0 atom stereocenters. The Kier molecular flexibility index (Phi) is 6.06. The minimum Gasteiger partial charge on any atom is -0.349 e. The van der Waals surface area contributed by atoms with Crippen molar-refractivity contribution in [2.75, 3.05) is 0 Å². The Labute approximate surface area is 174 Å². The second kappa shape index (κ2) is 8.87. The van der Waals surface area contributed by atoms with Crippen molar-refractivity contribution in [3.8, 4) is 11.3 Å². The van der Waals surface area contributed by atoms with Gasteiger partial charge in [0.2, 0.25) is 0 Å². The number of hydrogen-bond acceptors (Lipinski definition) is 2. The lowest BCUT2D eigenvalue weighted by molar-refractivity contribution is 0.0932. The second-order valence-electron chi connectivity index (χ2n) is 7.60. The largest absolute Gasteiger partial charge is 0.349 e. The number of hydrogen-bond donors (Lipinski definition) is 1. The first kappa shape index (κ1) is 19.1. The van der Waals surface area contributed by atoms with Crippen LogP contribution < -0.4 is 5.32 Å². The fourth-order valence-corrected chi connectivity index (χ4v) is 4.42. The van der Waals surface area contributed by atoms with Crippen molar-refractivity contribution in [2.24, 2.45) is 0 Å². The van der Waals surface area contributed by atoms with Crippen molar-refractivity contribution >= 4 is 32.7 Å². The van der Waals surface area contributed by atoms with Crippen LogP contribution in [0.15, 0.2) is 59.1 Å². The molecule has 3 aromatic rings. The van der Waals surface area contributed by atoms with Gasteiger partial charge in [0.25, 0.3) is 5.91 Å². The van der Waals surface area contributed by atoms with Gasteiger partial charge in [0.15, 0.2) is 0 Å². The lowest BCUT2D eigenvalue weighted by Crippen LogP contribution is -2.35. The van der Waals surface area contributed by atoms with E-state index in [2.05, 4.69) is 21.2 Å². The van der Waals surface area contributed by atoms with Crippen molar-refractivity contribution in [3.05, 3.63) is 64.6 Å². The van der Waals surface area contributed by atoms with Gasteiger partial charge in [-0.3, -0.25) is 4.79 Å². The fraction of sp³-hybridized carbons (Fsp3) is 0.333. The Morgan fingerprint density at radius 2 is 1.68 bits per heavy atom. The third-order valence-corrected chi connectivity index (χ3v) is 6.01. The number of carbonyl (C=O) groups is 1. The predicted molar refractivity (Wildman–Crippen MR) is 118 cm³/mol. The molecule has 2 aromatic carbocycles. The number of amides is 1. The van der Waals surface area contributed by atoms with Crippen molar-refractivity contribution in [1.29, 1.82) is 0 Å². The Bertz CT molecular complexity index is 977. The molecule has 28 heavy (non-hydrogen) atoms. The molecule has 0 radical (unpaired) electrons. The van der Waals surface area contributed by atoms with Crippen molar-refractivity contribution in [2.45, 2.75) is 51.0 Å². The highest BCUT2D eigenvalue weighted by Crippen LogP contribution is 2.27. The zero-order chi connectivity index (χ0) is 19.3. The molecule has 1 saturated carbocycles. The molecule has 4 rings (SSSR count). The third kappa shape index (κ3) is 4.44. The first-order valence-electron chi connectivity index (χ1n) is 10.2. The molecule has 1 N–H and O–H groups in total. The number of nitrogens with one attached hydrogen (secondary N) is 1. The van der Waals surface area contributed by atoms with Gasteiger partial charge in [-0.2, -0.15) is 0 Å². The maximum atomic E-state index is 13.2. The van der Waals surface area contributed by atoms with Crippen molar-refractivity contribution in [3.63, 3.8) is 0 Å². The van der Waals surface area contributed by atoms with Crippen LogP contribution in [0, 0.1) is 0 Å². The van der Waals surface area contributed by atoms with Gasteiger partial charge in [-0.1, -0.05) is 78.4 Å². The number of halogens is 1. The van der Waals surface area contributed by atoms with E-state index in [4.69, 9.17) is 4.98 Å². The Balaban J connectivity index is 1.69. The molecular weight excluding hydrogens is 412 g/mol. The molecule has 0 aliphatic heterocycles. The van der Waals surface area contributed by atoms with Gasteiger partial charge in [0.1, 0.15) is 0 Å². The van der Waals surface area contributed by atoms with Crippen LogP contribution in [0.25, 0.3) is 22.2 Å². The van der Waals surface area contributed by atoms with Gasteiger partial charge in [-0.05, 0) is 37.1 Å². The first-order chi connectivity index (χ1) is 13.7. The third-order valence-electron chi connectivity index (χ3n) is 5.52. The summed E-state index contributed by atoms with van der Waals surface area (Å²) in [6.45, 7) is 0. The molecular formula is C24H25BrN2O. The van der Waals surface area contributed by atoms with E-state index < -0.39 is 0 Å². The number of nitrogens with zero attached hydrogens (tertiary/aromatic N) is 1. The number of para-hydroxylation sites is 1. The summed E-state index contributed by atoms with van der Waals surface area (Å²) in [4.78, 5) is 18.0. The van der Waals surface area contributed by atoms with Gasteiger partial charge >= 0.3 is 0 Å². The van der Waals surface area contributed by atoms with Crippen LogP contribution in [0.1, 0.15) is 55.3 Å².